The van der Waals surface area contributed by atoms with Gasteiger partial charge in [-0.2, -0.15) is 0 Å². The van der Waals surface area contributed by atoms with Gasteiger partial charge in [0, 0.05) is 16.8 Å². The number of aryl methyl sites for hydroxylation is 2. The second-order valence-electron chi connectivity index (χ2n) is 8.16. The third-order valence-corrected chi connectivity index (χ3v) is 6.40. The Labute approximate surface area is 208 Å². The Bertz CT molecular complexity index is 1340. The molecular weight excluding hydrogens is 458 g/mol. The highest BCUT2D eigenvalue weighted by atomic mass is 32.2. The van der Waals surface area contributed by atoms with Crippen LogP contribution in [0.5, 0.6) is 0 Å². The molecule has 0 aliphatic rings. The zero-order chi connectivity index (χ0) is 24.8. The SMILES string of the molecule is Cc1cccc(C)c1NC(=O)CNC(=O)C(C)Sc1nc(Nc2ccccc2)c2ccccc2n1. The van der Waals surface area contributed by atoms with Gasteiger partial charge in [-0.25, -0.2) is 9.97 Å². The summed E-state index contributed by atoms with van der Waals surface area (Å²) in [6, 6.07) is 23.3. The summed E-state index contributed by atoms with van der Waals surface area (Å²) in [5.74, 6) is 0.134. The Kier molecular flexibility index (Phi) is 7.62. The molecule has 4 aromatic rings. The van der Waals surface area contributed by atoms with Gasteiger partial charge in [0.2, 0.25) is 11.8 Å². The van der Waals surface area contributed by atoms with Crippen LogP contribution < -0.4 is 16.0 Å². The molecule has 0 aliphatic heterocycles. The number of rotatable bonds is 8. The molecule has 35 heavy (non-hydrogen) atoms. The van der Waals surface area contributed by atoms with Crippen LogP contribution in [0.25, 0.3) is 10.9 Å². The van der Waals surface area contributed by atoms with Gasteiger partial charge in [-0.05, 0) is 56.2 Å². The first kappa shape index (κ1) is 24.2. The average molecular weight is 486 g/mol. The second kappa shape index (κ2) is 11.0. The Hall–Kier alpha value is -3.91. The average Bonchev–Trinajstić information content (AvgIpc) is 2.85. The first-order valence-electron chi connectivity index (χ1n) is 11.3. The number of para-hydroxylation sites is 3. The van der Waals surface area contributed by atoms with Crippen LogP contribution in [0.2, 0.25) is 0 Å². The maximum Gasteiger partial charge on any atom is 0.243 e. The normalized spacial score (nSPS) is 11.6. The lowest BCUT2D eigenvalue weighted by Gasteiger charge is -2.14. The molecule has 3 aromatic carbocycles. The van der Waals surface area contributed by atoms with Gasteiger partial charge in [0.15, 0.2) is 5.16 Å². The van der Waals surface area contributed by atoms with E-state index in [9.17, 15) is 9.59 Å². The van der Waals surface area contributed by atoms with Gasteiger partial charge < -0.3 is 16.0 Å². The number of anilines is 3. The maximum atomic E-state index is 12.7. The molecule has 4 rings (SSSR count). The van der Waals surface area contributed by atoms with E-state index in [0.717, 1.165) is 33.4 Å². The molecule has 178 valence electrons. The van der Waals surface area contributed by atoms with Crippen molar-refractivity contribution in [3.63, 3.8) is 0 Å². The van der Waals surface area contributed by atoms with Crippen molar-refractivity contribution in [3.8, 4) is 0 Å². The van der Waals surface area contributed by atoms with Crippen molar-refractivity contribution in [2.45, 2.75) is 31.2 Å². The number of thioether (sulfide) groups is 1. The van der Waals surface area contributed by atoms with Gasteiger partial charge in [0.05, 0.1) is 17.3 Å². The minimum absolute atomic E-state index is 0.114. The van der Waals surface area contributed by atoms with Crippen LogP contribution in [-0.4, -0.2) is 33.6 Å². The standard InChI is InChI=1S/C27H27N5O2S/c1-17-10-9-11-18(2)24(17)31-23(33)16-28-26(34)19(3)35-27-30-22-15-8-7-14-21(22)25(32-27)29-20-12-5-4-6-13-20/h4-15,19H,16H2,1-3H3,(H,28,34)(H,31,33)(H,29,30,32). The lowest BCUT2D eigenvalue weighted by molar-refractivity contribution is -0.123. The van der Waals surface area contributed by atoms with Crippen LogP contribution in [0, 0.1) is 13.8 Å². The monoisotopic (exact) mass is 485 g/mol. The Morgan fingerprint density at radius 1 is 0.886 bits per heavy atom. The van der Waals surface area contributed by atoms with Crippen molar-refractivity contribution < 1.29 is 9.59 Å². The minimum Gasteiger partial charge on any atom is -0.346 e. The van der Waals surface area contributed by atoms with E-state index in [2.05, 4.69) is 25.9 Å². The van der Waals surface area contributed by atoms with E-state index in [1.165, 1.54) is 11.8 Å². The molecule has 0 saturated heterocycles. The summed E-state index contributed by atoms with van der Waals surface area (Å²) in [6.45, 7) is 5.53. The number of fused-ring (bicyclic) bond motifs is 1. The number of amides is 2. The molecule has 1 atom stereocenters. The summed E-state index contributed by atoms with van der Waals surface area (Å²) < 4.78 is 0. The van der Waals surface area contributed by atoms with Crippen molar-refractivity contribution in [2.75, 3.05) is 17.2 Å². The maximum absolute atomic E-state index is 12.7. The predicted octanol–water partition coefficient (Wildman–Crippen LogP) is 5.23. The van der Waals surface area contributed by atoms with E-state index < -0.39 is 5.25 Å². The number of nitrogens with one attached hydrogen (secondary N) is 3. The lowest BCUT2D eigenvalue weighted by atomic mass is 10.1. The van der Waals surface area contributed by atoms with Gasteiger partial charge in [-0.3, -0.25) is 9.59 Å². The highest BCUT2D eigenvalue weighted by molar-refractivity contribution is 8.00. The van der Waals surface area contributed by atoms with E-state index in [4.69, 9.17) is 0 Å². The van der Waals surface area contributed by atoms with Gasteiger partial charge in [-0.15, -0.1) is 0 Å². The first-order chi connectivity index (χ1) is 16.9. The molecule has 0 radical (unpaired) electrons. The second-order valence-corrected chi connectivity index (χ2v) is 9.46. The van der Waals surface area contributed by atoms with Crippen molar-refractivity contribution >= 4 is 51.7 Å². The third-order valence-electron chi connectivity index (χ3n) is 5.44. The van der Waals surface area contributed by atoms with Crippen LogP contribution in [0.15, 0.2) is 78.0 Å². The zero-order valence-electron chi connectivity index (χ0n) is 19.8. The van der Waals surface area contributed by atoms with Gasteiger partial charge in [0.1, 0.15) is 5.82 Å². The smallest absolute Gasteiger partial charge is 0.243 e. The topological polar surface area (TPSA) is 96.0 Å². The van der Waals surface area contributed by atoms with Crippen LogP contribution in [0.1, 0.15) is 18.1 Å². The highest BCUT2D eigenvalue weighted by Gasteiger charge is 2.19. The van der Waals surface area contributed by atoms with Crippen molar-refractivity contribution in [2.24, 2.45) is 0 Å². The third kappa shape index (κ3) is 6.16. The number of benzene rings is 3. The molecule has 0 bridgehead atoms. The van der Waals surface area contributed by atoms with Crippen molar-refractivity contribution in [1.82, 2.24) is 15.3 Å². The summed E-state index contributed by atoms with van der Waals surface area (Å²) in [5.41, 5.74) is 4.41. The molecule has 2 amide bonds. The fraction of sp³-hybridized carbons (Fsp3) is 0.185. The number of carbonyl (C=O) groups is 2. The first-order valence-corrected chi connectivity index (χ1v) is 12.2. The Balaban J connectivity index is 1.42. The van der Waals surface area contributed by atoms with Crippen LogP contribution in [-0.2, 0) is 9.59 Å². The number of aromatic nitrogens is 2. The summed E-state index contributed by atoms with van der Waals surface area (Å²) in [5, 5.41) is 9.81. The quantitative estimate of drug-likeness (QED) is 0.234. The zero-order valence-corrected chi connectivity index (χ0v) is 20.6. The van der Waals surface area contributed by atoms with Crippen molar-refractivity contribution in [3.05, 3.63) is 83.9 Å². The fourth-order valence-corrected chi connectivity index (χ4v) is 4.38. The van der Waals surface area contributed by atoms with E-state index >= 15 is 0 Å². The van der Waals surface area contributed by atoms with Gasteiger partial charge in [-0.1, -0.05) is 60.3 Å². The molecule has 7 nitrogen and oxygen atoms in total. The number of hydrogen-bond acceptors (Lipinski definition) is 6. The molecule has 1 heterocycles. The number of hydrogen-bond donors (Lipinski definition) is 3. The minimum atomic E-state index is -0.492. The molecule has 0 spiro atoms. The van der Waals surface area contributed by atoms with E-state index in [0.29, 0.717) is 11.0 Å². The van der Waals surface area contributed by atoms with Crippen LogP contribution in [0.4, 0.5) is 17.2 Å². The Morgan fingerprint density at radius 3 is 2.31 bits per heavy atom. The van der Waals surface area contributed by atoms with E-state index in [1.54, 1.807) is 6.92 Å². The Morgan fingerprint density at radius 2 is 1.57 bits per heavy atom. The molecule has 0 fully saturated rings. The lowest BCUT2D eigenvalue weighted by Crippen LogP contribution is -2.37. The number of nitrogens with zero attached hydrogens (tertiary/aromatic N) is 2. The summed E-state index contributed by atoms with van der Waals surface area (Å²) in [6.07, 6.45) is 0. The van der Waals surface area contributed by atoms with Gasteiger partial charge in [0.25, 0.3) is 0 Å². The van der Waals surface area contributed by atoms with Crippen LogP contribution >= 0.6 is 11.8 Å². The predicted molar refractivity (Wildman–Crippen MR) is 142 cm³/mol. The number of carbonyl (C=O) groups excluding carboxylic acids is 2. The summed E-state index contributed by atoms with van der Waals surface area (Å²) in [4.78, 5) is 34.4. The molecular formula is C27H27N5O2S. The van der Waals surface area contributed by atoms with Gasteiger partial charge >= 0.3 is 0 Å². The molecule has 0 aliphatic carbocycles. The molecule has 1 aromatic heterocycles. The molecule has 0 saturated carbocycles. The van der Waals surface area contributed by atoms with E-state index in [-0.39, 0.29) is 18.4 Å². The molecule has 1 unspecified atom stereocenters. The molecule has 8 heteroatoms. The summed E-state index contributed by atoms with van der Waals surface area (Å²) in [7, 11) is 0. The van der Waals surface area contributed by atoms with E-state index in [1.807, 2.05) is 86.6 Å². The van der Waals surface area contributed by atoms with Crippen molar-refractivity contribution in [1.29, 1.82) is 0 Å². The molecule has 3 N–H and O–H groups in total. The fourth-order valence-electron chi connectivity index (χ4n) is 3.58. The highest BCUT2D eigenvalue weighted by Crippen LogP contribution is 2.28. The largest absolute Gasteiger partial charge is 0.346 e. The summed E-state index contributed by atoms with van der Waals surface area (Å²) >= 11 is 1.25. The van der Waals surface area contributed by atoms with Crippen LogP contribution in [0.3, 0.4) is 0 Å².